The highest BCUT2D eigenvalue weighted by molar-refractivity contribution is 5.79. The number of nitriles is 1. The maximum absolute atomic E-state index is 9.96. The Morgan fingerprint density at radius 1 is 1.70 bits per heavy atom. The summed E-state index contributed by atoms with van der Waals surface area (Å²) < 4.78 is 4.53. The Bertz CT molecular complexity index is 198. The van der Waals surface area contributed by atoms with Crippen molar-refractivity contribution in [3.05, 3.63) is 24.0 Å². The van der Waals surface area contributed by atoms with Gasteiger partial charge in [0.05, 0.1) is 18.9 Å². The van der Waals surface area contributed by atoms with Crippen molar-refractivity contribution in [2.75, 3.05) is 7.11 Å². The van der Waals surface area contributed by atoms with Gasteiger partial charge in [-0.3, -0.25) is 4.79 Å². The molecular weight excluding hydrogens is 130 g/mol. The summed E-state index contributed by atoms with van der Waals surface area (Å²) in [6.45, 7) is 0. The molecule has 0 aromatic carbocycles. The molecule has 0 saturated heterocycles. The van der Waals surface area contributed by atoms with Gasteiger partial charge >= 0.3 is 0 Å². The van der Waals surface area contributed by atoms with Gasteiger partial charge in [0, 0.05) is 0 Å². The monoisotopic (exact) mass is 137 g/mol. The molecule has 3 heteroatoms. The zero-order chi connectivity index (χ0) is 7.82. The fraction of sp³-hybridized carbons (Fsp3) is 0.143. The number of methoxy groups -OCH3 is 1. The summed E-state index contributed by atoms with van der Waals surface area (Å²) in [5, 5.41) is 8.20. The number of carbonyl (C=O) groups is 1. The first-order chi connectivity index (χ1) is 4.85. The van der Waals surface area contributed by atoms with Crippen molar-refractivity contribution in [3.8, 4) is 6.07 Å². The molecule has 0 aromatic rings. The highest BCUT2D eigenvalue weighted by Crippen LogP contribution is 1.86. The van der Waals surface area contributed by atoms with Crippen LogP contribution in [0.25, 0.3) is 0 Å². The van der Waals surface area contributed by atoms with E-state index in [4.69, 9.17) is 5.26 Å². The summed E-state index contributed by atoms with van der Waals surface area (Å²) >= 11 is 0. The molecule has 0 unspecified atom stereocenters. The second kappa shape index (κ2) is 5.57. The second-order valence-corrected chi connectivity index (χ2v) is 1.42. The topological polar surface area (TPSA) is 50.1 Å². The normalized spacial score (nSPS) is 11.0. The molecule has 0 atom stereocenters. The average Bonchev–Trinajstić information content (AvgIpc) is 1.99. The van der Waals surface area contributed by atoms with Crippen molar-refractivity contribution in [2.24, 2.45) is 0 Å². The molecule has 0 aliphatic rings. The number of rotatable bonds is 3. The van der Waals surface area contributed by atoms with Gasteiger partial charge in [0.1, 0.15) is 6.07 Å². The van der Waals surface area contributed by atoms with Gasteiger partial charge in [-0.25, -0.2) is 0 Å². The van der Waals surface area contributed by atoms with Crippen molar-refractivity contribution < 1.29 is 9.53 Å². The van der Waals surface area contributed by atoms with Gasteiger partial charge in [-0.1, -0.05) is 0 Å². The van der Waals surface area contributed by atoms with Crippen LogP contribution in [0.4, 0.5) is 0 Å². The Morgan fingerprint density at radius 2 is 2.40 bits per heavy atom. The van der Waals surface area contributed by atoms with Gasteiger partial charge < -0.3 is 4.74 Å². The number of carbonyl (C=O) groups excluding carboxylic acids is 1. The fourth-order valence-electron chi connectivity index (χ4n) is 0.324. The van der Waals surface area contributed by atoms with E-state index in [1.165, 1.54) is 25.5 Å². The Morgan fingerprint density at radius 3 is 2.80 bits per heavy atom. The number of aldehydes is 1. The molecule has 0 aromatic heterocycles. The summed E-state index contributed by atoms with van der Waals surface area (Å²) in [5.41, 5.74) is 0.0771. The van der Waals surface area contributed by atoms with E-state index in [0.717, 1.165) is 0 Å². The Kier molecular flexibility index (Phi) is 4.70. The zero-order valence-corrected chi connectivity index (χ0v) is 5.57. The summed E-state index contributed by atoms with van der Waals surface area (Å²) in [4.78, 5) is 9.96. The van der Waals surface area contributed by atoms with Crippen molar-refractivity contribution in [1.29, 1.82) is 5.26 Å². The minimum absolute atomic E-state index is 0.0771. The lowest BCUT2D eigenvalue weighted by Gasteiger charge is -1.81. The molecule has 3 nitrogen and oxygen atoms in total. The second-order valence-electron chi connectivity index (χ2n) is 1.42. The Balaban J connectivity index is 4.02. The average molecular weight is 137 g/mol. The first-order valence-corrected chi connectivity index (χ1v) is 2.60. The Hall–Kier alpha value is -1.56. The van der Waals surface area contributed by atoms with Gasteiger partial charge in [-0.05, 0) is 12.2 Å². The largest absolute Gasteiger partial charge is 0.504 e. The summed E-state index contributed by atoms with van der Waals surface area (Å²) in [5.74, 6) is 0. The van der Waals surface area contributed by atoms with Crippen LogP contribution in [0, 0.1) is 11.3 Å². The third-order valence-corrected chi connectivity index (χ3v) is 0.746. The lowest BCUT2D eigenvalue weighted by atomic mass is 10.3. The molecule has 0 N–H and O–H groups in total. The van der Waals surface area contributed by atoms with Crippen LogP contribution in [0.15, 0.2) is 24.0 Å². The van der Waals surface area contributed by atoms with Crippen LogP contribution >= 0.6 is 0 Å². The van der Waals surface area contributed by atoms with Crippen LogP contribution in [0.1, 0.15) is 0 Å². The van der Waals surface area contributed by atoms with Crippen molar-refractivity contribution >= 4 is 6.29 Å². The maximum Gasteiger partial charge on any atom is 0.160 e. The molecule has 0 spiro atoms. The van der Waals surface area contributed by atoms with Gasteiger partial charge in [0.15, 0.2) is 6.29 Å². The molecule has 0 amide bonds. The SMILES string of the molecule is CO/C=C/C=C(\C#N)C=O. The first kappa shape index (κ1) is 8.44. The van der Waals surface area contributed by atoms with Crippen LogP contribution in [0.3, 0.4) is 0 Å². The van der Waals surface area contributed by atoms with Gasteiger partial charge in [0.25, 0.3) is 0 Å². The molecule has 0 rings (SSSR count). The van der Waals surface area contributed by atoms with Crippen LogP contribution in [-0.2, 0) is 9.53 Å². The van der Waals surface area contributed by atoms with E-state index in [1.807, 2.05) is 0 Å². The fourth-order valence-corrected chi connectivity index (χ4v) is 0.324. The van der Waals surface area contributed by atoms with E-state index in [-0.39, 0.29) is 5.57 Å². The standard InChI is InChI=1S/C7H7NO2/c1-10-4-2-3-7(5-8)6-9/h2-4,6H,1H3/b4-2+,7-3+. The van der Waals surface area contributed by atoms with Crippen molar-refractivity contribution in [3.63, 3.8) is 0 Å². The van der Waals surface area contributed by atoms with Crippen LogP contribution < -0.4 is 0 Å². The van der Waals surface area contributed by atoms with Crippen LogP contribution in [0.2, 0.25) is 0 Å². The number of hydrogen-bond donors (Lipinski definition) is 0. The molecule has 52 valence electrons. The third-order valence-electron chi connectivity index (χ3n) is 0.746. The summed E-state index contributed by atoms with van der Waals surface area (Å²) in [6, 6.07) is 1.70. The smallest absolute Gasteiger partial charge is 0.160 e. The molecule has 0 radical (unpaired) electrons. The molecule has 0 saturated carbocycles. The van der Waals surface area contributed by atoms with Crippen molar-refractivity contribution in [1.82, 2.24) is 0 Å². The highest BCUT2D eigenvalue weighted by atomic mass is 16.5. The van der Waals surface area contributed by atoms with Crippen LogP contribution in [-0.4, -0.2) is 13.4 Å². The first-order valence-electron chi connectivity index (χ1n) is 2.60. The number of nitrogens with zero attached hydrogens (tertiary/aromatic N) is 1. The van der Waals surface area contributed by atoms with E-state index in [9.17, 15) is 4.79 Å². The lowest BCUT2D eigenvalue weighted by Crippen LogP contribution is -1.76. The van der Waals surface area contributed by atoms with Gasteiger partial charge in [0.2, 0.25) is 0 Å². The Labute approximate surface area is 59.2 Å². The van der Waals surface area contributed by atoms with E-state index in [2.05, 4.69) is 4.74 Å². The number of hydrogen-bond acceptors (Lipinski definition) is 3. The zero-order valence-electron chi connectivity index (χ0n) is 5.57. The highest BCUT2D eigenvalue weighted by Gasteiger charge is 1.84. The van der Waals surface area contributed by atoms with E-state index >= 15 is 0 Å². The van der Waals surface area contributed by atoms with Gasteiger partial charge in [-0.2, -0.15) is 5.26 Å². The predicted molar refractivity (Wildman–Crippen MR) is 35.9 cm³/mol. The summed E-state index contributed by atoms with van der Waals surface area (Å²) in [6.07, 6.45) is 4.71. The molecule has 10 heavy (non-hydrogen) atoms. The summed E-state index contributed by atoms with van der Waals surface area (Å²) in [7, 11) is 1.48. The van der Waals surface area contributed by atoms with Gasteiger partial charge in [-0.15, -0.1) is 0 Å². The quantitative estimate of drug-likeness (QED) is 0.190. The van der Waals surface area contributed by atoms with E-state index in [1.54, 1.807) is 6.07 Å². The molecule has 0 bridgehead atoms. The molecule has 0 aliphatic heterocycles. The number of ether oxygens (including phenoxy) is 1. The third kappa shape index (κ3) is 3.44. The van der Waals surface area contributed by atoms with Crippen LogP contribution in [0.5, 0.6) is 0 Å². The maximum atomic E-state index is 9.96. The van der Waals surface area contributed by atoms with Crippen molar-refractivity contribution in [2.45, 2.75) is 0 Å². The predicted octanol–water partition coefficient (Wildman–Crippen LogP) is 0.795. The lowest BCUT2D eigenvalue weighted by molar-refractivity contribution is -0.104. The molecular formula is C7H7NO2. The van der Waals surface area contributed by atoms with E-state index in [0.29, 0.717) is 6.29 Å². The molecule has 0 heterocycles. The molecule has 0 fully saturated rings. The molecule has 0 aliphatic carbocycles. The minimum Gasteiger partial charge on any atom is -0.504 e. The number of allylic oxidation sites excluding steroid dienone is 3. The van der Waals surface area contributed by atoms with E-state index < -0.39 is 0 Å². The minimum atomic E-state index is 0.0771.